The van der Waals surface area contributed by atoms with E-state index in [1.165, 1.54) is 24.5 Å². The summed E-state index contributed by atoms with van der Waals surface area (Å²) < 4.78 is 0.757. The standard InChI is InChI=1S/C11H8BrClN4O3S/c1-14-9-6(13)2-5(3-7(9)17(19)20)10(18)16-11-15-4-8(12)21-11/h2-4,14H,1H3,(H,15,16,18). The molecule has 1 heterocycles. The number of rotatable bonds is 4. The van der Waals surface area contributed by atoms with Crippen molar-refractivity contribution >= 4 is 61.3 Å². The molecular formula is C11H8BrClN4O3S. The number of aromatic nitrogens is 1. The first-order chi connectivity index (χ1) is 9.92. The SMILES string of the molecule is CNc1c(Cl)cc(C(=O)Nc2ncc(Br)s2)cc1[N+](=O)[O-]. The van der Waals surface area contributed by atoms with E-state index in [2.05, 4.69) is 31.5 Å². The van der Waals surface area contributed by atoms with Crippen molar-refractivity contribution in [3.63, 3.8) is 0 Å². The highest BCUT2D eigenvalue weighted by Crippen LogP contribution is 2.33. The van der Waals surface area contributed by atoms with E-state index in [-0.39, 0.29) is 22.0 Å². The van der Waals surface area contributed by atoms with Gasteiger partial charge in [-0.25, -0.2) is 4.98 Å². The van der Waals surface area contributed by atoms with Crippen molar-refractivity contribution in [2.45, 2.75) is 0 Å². The molecule has 21 heavy (non-hydrogen) atoms. The molecule has 110 valence electrons. The summed E-state index contributed by atoms with van der Waals surface area (Å²) in [6.07, 6.45) is 1.54. The zero-order chi connectivity index (χ0) is 15.6. The number of nitrogens with one attached hydrogen (secondary N) is 2. The third-order valence-corrected chi connectivity index (χ3v) is 4.17. The van der Waals surface area contributed by atoms with E-state index >= 15 is 0 Å². The van der Waals surface area contributed by atoms with Crippen LogP contribution in [-0.2, 0) is 0 Å². The number of nitro groups is 1. The topological polar surface area (TPSA) is 97.2 Å². The second-order valence-corrected chi connectivity index (χ2v) is 6.60. The molecule has 0 radical (unpaired) electrons. The number of thiazole rings is 1. The fourth-order valence-electron chi connectivity index (χ4n) is 1.60. The van der Waals surface area contributed by atoms with Crippen LogP contribution >= 0.6 is 38.9 Å². The molecule has 10 heteroatoms. The molecule has 2 aromatic rings. The maximum Gasteiger partial charge on any atom is 0.294 e. The molecule has 0 fully saturated rings. The lowest BCUT2D eigenvalue weighted by Gasteiger charge is -2.07. The molecule has 1 amide bonds. The van der Waals surface area contributed by atoms with E-state index in [9.17, 15) is 14.9 Å². The Kier molecular flexibility index (Phi) is 4.76. The molecule has 0 aliphatic heterocycles. The third-order valence-electron chi connectivity index (χ3n) is 2.48. The number of nitro benzene ring substituents is 1. The van der Waals surface area contributed by atoms with Crippen LogP contribution in [0.2, 0.25) is 5.02 Å². The van der Waals surface area contributed by atoms with Gasteiger partial charge in [0.25, 0.3) is 11.6 Å². The van der Waals surface area contributed by atoms with Gasteiger partial charge in [-0.3, -0.25) is 20.2 Å². The summed E-state index contributed by atoms with van der Waals surface area (Å²) in [4.78, 5) is 26.5. The molecule has 0 saturated heterocycles. The Morgan fingerprint density at radius 1 is 1.52 bits per heavy atom. The molecule has 0 saturated carbocycles. The molecule has 2 N–H and O–H groups in total. The Balaban J connectivity index is 2.35. The number of halogens is 2. The van der Waals surface area contributed by atoms with Gasteiger partial charge in [-0.15, -0.1) is 0 Å². The normalized spacial score (nSPS) is 10.2. The first kappa shape index (κ1) is 15.7. The Morgan fingerprint density at radius 2 is 2.24 bits per heavy atom. The van der Waals surface area contributed by atoms with E-state index in [4.69, 9.17) is 11.6 Å². The van der Waals surface area contributed by atoms with Crippen LogP contribution < -0.4 is 10.6 Å². The van der Waals surface area contributed by atoms with Gasteiger partial charge < -0.3 is 5.32 Å². The van der Waals surface area contributed by atoms with Crippen molar-refractivity contribution < 1.29 is 9.72 Å². The van der Waals surface area contributed by atoms with Gasteiger partial charge in [-0.05, 0) is 22.0 Å². The lowest BCUT2D eigenvalue weighted by molar-refractivity contribution is -0.383. The largest absolute Gasteiger partial charge is 0.381 e. The average molecular weight is 392 g/mol. The van der Waals surface area contributed by atoms with Crippen molar-refractivity contribution in [3.8, 4) is 0 Å². The highest BCUT2D eigenvalue weighted by molar-refractivity contribution is 9.11. The number of carbonyl (C=O) groups is 1. The predicted molar refractivity (Wildman–Crippen MR) is 85.4 cm³/mol. The minimum Gasteiger partial charge on any atom is -0.381 e. The van der Waals surface area contributed by atoms with Gasteiger partial charge in [0.15, 0.2) is 5.13 Å². The minimum atomic E-state index is -0.603. The number of carbonyl (C=O) groups excluding carboxylic acids is 1. The number of anilines is 2. The maximum absolute atomic E-state index is 12.1. The molecule has 2 rings (SSSR count). The third kappa shape index (κ3) is 3.49. The van der Waals surface area contributed by atoms with Crippen molar-refractivity contribution in [3.05, 3.63) is 42.8 Å². The summed E-state index contributed by atoms with van der Waals surface area (Å²) in [5.41, 5.74) is -0.0253. The summed E-state index contributed by atoms with van der Waals surface area (Å²) in [5, 5.41) is 16.7. The van der Waals surface area contributed by atoms with Gasteiger partial charge in [0, 0.05) is 18.7 Å². The van der Waals surface area contributed by atoms with Crippen LogP contribution in [0.5, 0.6) is 0 Å². The zero-order valence-corrected chi connectivity index (χ0v) is 13.7. The van der Waals surface area contributed by atoms with Gasteiger partial charge >= 0.3 is 0 Å². The number of hydrogen-bond donors (Lipinski definition) is 2. The molecular weight excluding hydrogens is 384 g/mol. The Labute approximate surface area is 136 Å². The summed E-state index contributed by atoms with van der Waals surface area (Å²) >= 11 is 10.4. The van der Waals surface area contributed by atoms with Crippen LogP contribution in [0, 0.1) is 10.1 Å². The van der Waals surface area contributed by atoms with Crippen molar-refractivity contribution in [1.29, 1.82) is 0 Å². The van der Waals surface area contributed by atoms with Gasteiger partial charge in [-0.1, -0.05) is 22.9 Å². The van der Waals surface area contributed by atoms with Gasteiger partial charge in [0.05, 0.1) is 19.9 Å². The molecule has 1 aromatic heterocycles. The quantitative estimate of drug-likeness (QED) is 0.611. The predicted octanol–water partition coefficient (Wildman–Crippen LogP) is 3.76. The molecule has 0 bridgehead atoms. The van der Waals surface area contributed by atoms with E-state index in [1.807, 2.05) is 0 Å². The summed E-state index contributed by atoms with van der Waals surface area (Å²) in [7, 11) is 1.51. The zero-order valence-electron chi connectivity index (χ0n) is 10.5. The summed E-state index contributed by atoms with van der Waals surface area (Å²) in [6, 6.07) is 2.52. The highest BCUT2D eigenvalue weighted by atomic mass is 79.9. The van der Waals surface area contributed by atoms with Gasteiger partial charge in [-0.2, -0.15) is 0 Å². The molecule has 0 aliphatic carbocycles. The second-order valence-electron chi connectivity index (χ2n) is 3.78. The van der Waals surface area contributed by atoms with E-state index in [0.29, 0.717) is 5.13 Å². The van der Waals surface area contributed by atoms with E-state index in [1.54, 1.807) is 6.20 Å². The first-order valence-corrected chi connectivity index (χ1v) is 7.49. The van der Waals surface area contributed by atoms with Gasteiger partial charge in [0.1, 0.15) is 5.69 Å². The number of amides is 1. The second kappa shape index (κ2) is 6.37. The van der Waals surface area contributed by atoms with Crippen LogP contribution in [0.1, 0.15) is 10.4 Å². The number of hydrogen-bond acceptors (Lipinski definition) is 6. The Bertz CT molecular complexity index is 721. The van der Waals surface area contributed by atoms with Crippen LogP contribution in [-0.4, -0.2) is 22.9 Å². The minimum absolute atomic E-state index is 0.0806. The van der Waals surface area contributed by atoms with Crippen molar-refractivity contribution in [2.75, 3.05) is 17.7 Å². The lowest BCUT2D eigenvalue weighted by atomic mass is 10.1. The van der Waals surface area contributed by atoms with Crippen LogP contribution in [0.15, 0.2) is 22.1 Å². The Hall–Kier alpha value is -1.71. The van der Waals surface area contributed by atoms with E-state index in [0.717, 1.165) is 9.85 Å². The Morgan fingerprint density at radius 3 is 2.76 bits per heavy atom. The van der Waals surface area contributed by atoms with Crippen LogP contribution in [0.25, 0.3) is 0 Å². The fourth-order valence-corrected chi connectivity index (χ4v) is 3.01. The van der Waals surface area contributed by atoms with Crippen LogP contribution in [0.3, 0.4) is 0 Å². The number of benzene rings is 1. The van der Waals surface area contributed by atoms with Gasteiger partial charge in [0.2, 0.25) is 0 Å². The first-order valence-electron chi connectivity index (χ1n) is 5.50. The summed E-state index contributed by atoms with van der Waals surface area (Å²) in [6.45, 7) is 0. The smallest absolute Gasteiger partial charge is 0.294 e. The van der Waals surface area contributed by atoms with Crippen LogP contribution in [0.4, 0.5) is 16.5 Å². The monoisotopic (exact) mass is 390 g/mol. The molecule has 1 aromatic carbocycles. The van der Waals surface area contributed by atoms with Crippen molar-refractivity contribution in [1.82, 2.24) is 4.98 Å². The number of nitrogens with zero attached hydrogens (tertiary/aromatic N) is 2. The summed E-state index contributed by atoms with van der Waals surface area (Å²) in [5.74, 6) is -0.524. The van der Waals surface area contributed by atoms with Crippen molar-refractivity contribution in [2.24, 2.45) is 0 Å². The highest BCUT2D eigenvalue weighted by Gasteiger charge is 2.21. The molecule has 0 atom stereocenters. The molecule has 0 unspecified atom stereocenters. The fraction of sp³-hybridized carbons (Fsp3) is 0.0909. The lowest BCUT2D eigenvalue weighted by Crippen LogP contribution is -2.12. The van der Waals surface area contributed by atoms with E-state index < -0.39 is 10.8 Å². The average Bonchev–Trinajstić information content (AvgIpc) is 2.82. The molecule has 0 spiro atoms. The molecule has 0 aliphatic rings. The molecule has 7 nitrogen and oxygen atoms in total. The maximum atomic E-state index is 12.1.